The van der Waals surface area contributed by atoms with Crippen molar-refractivity contribution in [3.63, 3.8) is 0 Å². The van der Waals surface area contributed by atoms with E-state index in [1.807, 2.05) is 6.07 Å². The first-order valence-electron chi connectivity index (χ1n) is 14.6. The van der Waals surface area contributed by atoms with Crippen LogP contribution in [0.5, 0.6) is 11.5 Å². The minimum absolute atomic E-state index is 0.000871. The van der Waals surface area contributed by atoms with Gasteiger partial charge in [-0.3, -0.25) is 0 Å². The Morgan fingerprint density at radius 1 is 0.457 bits per heavy atom. The third-order valence-corrected chi connectivity index (χ3v) is 7.10. The predicted octanol–water partition coefficient (Wildman–Crippen LogP) is 7.76. The first kappa shape index (κ1) is 41.5. The minimum Gasteiger partial charge on any atom is -0.507 e. The maximum absolute atomic E-state index is 11.8. The summed E-state index contributed by atoms with van der Waals surface area (Å²) in [5.41, 5.74) is 7.64. The summed E-state index contributed by atoms with van der Waals surface area (Å²) in [5, 5.41) is 22.8. The molecule has 0 aromatic heterocycles. The molecular weight excluding hydrogens is 630 g/mol. The Balaban J connectivity index is 0.000000919. The van der Waals surface area contributed by atoms with E-state index in [1.54, 1.807) is 6.07 Å². The normalized spacial score (nSPS) is 12.9. The van der Waals surface area contributed by atoms with E-state index in [9.17, 15) is 10.2 Å². The molecular formula is C34H52O10P2. The van der Waals surface area contributed by atoms with Crippen molar-refractivity contribution in [3.05, 3.63) is 70.8 Å². The molecule has 258 valence electrons. The van der Waals surface area contributed by atoms with Gasteiger partial charge in [0.1, 0.15) is 11.5 Å². The maximum Gasteiger partial charge on any atom is 0.466 e. The molecule has 0 radical (unpaired) electrons. The van der Waals surface area contributed by atoms with E-state index in [0.717, 1.165) is 22.3 Å². The third-order valence-electron chi connectivity index (χ3n) is 7.10. The van der Waals surface area contributed by atoms with Gasteiger partial charge in [-0.25, -0.2) is 9.13 Å². The van der Waals surface area contributed by atoms with Crippen LogP contribution in [-0.2, 0) is 30.8 Å². The van der Waals surface area contributed by atoms with E-state index in [2.05, 4.69) is 119 Å². The largest absolute Gasteiger partial charge is 0.507 e. The highest BCUT2D eigenvalue weighted by molar-refractivity contribution is 7.45. The summed E-state index contributed by atoms with van der Waals surface area (Å²) >= 11 is 0. The van der Waals surface area contributed by atoms with Crippen molar-refractivity contribution in [1.82, 2.24) is 0 Å². The standard InChI is InChI=1S/C34H46O2.2H3O4P/c1-31(2,3)21-13-15-23(26(19-21)33(7,8)9)24-17-18-28(35)29(30(24)36)25-16-14-22(32(4,5)6)20-27(25)34(10,11)12;2*1-5(2,3)4/h13-20,35-36H,1-12H3;2*(H3,1,2,3,4). The lowest BCUT2D eigenvalue weighted by Gasteiger charge is -2.29. The van der Waals surface area contributed by atoms with E-state index in [-0.39, 0.29) is 33.2 Å². The first-order valence-corrected chi connectivity index (χ1v) is 17.8. The van der Waals surface area contributed by atoms with Crippen LogP contribution in [0, 0.1) is 0 Å². The van der Waals surface area contributed by atoms with Gasteiger partial charge in [-0.2, -0.15) is 0 Å². The molecule has 0 fully saturated rings. The fourth-order valence-corrected chi connectivity index (χ4v) is 4.78. The predicted molar refractivity (Wildman–Crippen MR) is 184 cm³/mol. The molecule has 0 heterocycles. The molecule has 10 nitrogen and oxygen atoms in total. The Kier molecular flexibility index (Phi) is 12.9. The van der Waals surface area contributed by atoms with Crippen LogP contribution in [0.15, 0.2) is 48.5 Å². The zero-order valence-electron chi connectivity index (χ0n) is 28.9. The maximum atomic E-state index is 11.8. The summed E-state index contributed by atoms with van der Waals surface area (Å²) in [5.74, 6) is 0.215. The molecule has 0 saturated carbocycles. The van der Waals surface area contributed by atoms with Crippen LogP contribution >= 0.6 is 15.6 Å². The first-order chi connectivity index (χ1) is 20.2. The molecule has 0 aliphatic carbocycles. The van der Waals surface area contributed by atoms with Crippen molar-refractivity contribution in [2.45, 2.75) is 105 Å². The van der Waals surface area contributed by atoms with Gasteiger partial charge < -0.3 is 39.6 Å². The zero-order chi connectivity index (χ0) is 36.4. The van der Waals surface area contributed by atoms with Crippen molar-refractivity contribution in [2.24, 2.45) is 0 Å². The Morgan fingerprint density at radius 3 is 1.09 bits per heavy atom. The topological polar surface area (TPSA) is 196 Å². The number of hydrogen-bond donors (Lipinski definition) is 8. The highest BCUT2D eigenvalue weighted by Gasteiger charge is 2.28. The van der Waals surface area contributed by atoms with Crippen LogP contribution in [0.1, 0.15) is 105 Å². The highest BCUT2D eigenvalue weighted by atomic mass is 31.2. The third kappa shape index (κ3) is 12.9. The van der Waals surface area contributed by atoms with Gasteiger partial charge in [-0.05, 0) is 67.2 Å². The number of phenols is 2. The Morgan fingerprint density at radius 2 is 0.761 bits per heavy atom. The van der Waals surface area contributed by atoms with E-state index in [4.69, 9.17) is 38.5 Å². The smallest absolute Gasteiger partial charge is 0.466 e. The van der Waals surface area contributed by atoms with Crippen LogP contribution in [0.3, 0.4) is 0 Å². The molecule has 12 heteroatoms. The van der Waals surface area contributed by atoms with Gasteiger partial charge in [0.05, 0.1) is 5.56 Å². The van der Waals surface area contributed by atoms with Gasteiger partial charge in [-0.15, -0.1) is 0 Å². The molecule has 0 unspecified atom stereocenters. The van der Waals surface area contributed by atoms with E-state index in [1.165, 1.54) is 16.7 Å². The molecule has 0 spiro atoms. The van der Waals surface area contributed by atoms with Crippen LogP contribution in [0.25, 0.3) is 22.3 Å². The van der Waals surface area contributed by atoms with Gasteiger partial charge in [0.2, 0.25) is 0 Å². The number of benzene rings is 3. The molecule has 0 atom stereocenters. The average molecular weight is 683 g/mol. The van der Waals surface area contributed by atoms with Crippen molar-refractivity contribution >= 4 is 15.6 Å². The number of rotatable bonds is 2. The zero-order valence-corrected chi connectivity index (χ0v) is 30.7. The van der Waals surface area contributed by atoms with Crippen molar-refractivity contribution in [3.8, 4) is 33.8 Å². The fraction of sp³-hybridized carbons (Fsp3) is 0.471. The van der Waals surface area contributed by atoms with Gasteiger partial charge in [0, 0.05) is 5.56 Å². The second-order valence-corrected chi connectivity index (χ2v) is 17.5. The SMILES string of the molecule is CC(C)(C)c1ccc(-c2ccc(O)c(-c3ccc(C(C)(C)C)cc3C(C)(C)C)c2O)c(C(C)(C)C)c1.O=P(O)(O)O.O=P(O)(O)O. The van der Waals surface area contributed by atoms with E-state index in [0.29, 0.717) is 5.56 Å². The molecule has 3 aromatic carbocycles. The molecule has 3 rings (SSSR count). The Labute approximate surface area is 273 Å². The van der Waals surface area contributed by atoms with E-state index >= 15 is 0 Å². The molecule has 0 bridgehead atoms. The average Bonchev–Trinajstić information content (AvgIpc) is 2.79. The molecule has 3 aromatic rings. The number of phenolic OH excluding ortho intramolecular Hbond substituents is 2. The summed E-state index contributed by atoms with van der Waals surface area (Å²) in [6, 6.07) is 16.6. The number of aromatic hydroxyl groups is 2. The monoisotopic (exact) mass is 682 g/mol. The highest BCUT2D eigenvalue weighted by Crippen LogP contribution is 2.49. The van der Waals surface area contributed by atoms with Crippen molar-refractivity contribution < 1.29 is 48.7 Å². The lowest BCUT2D eigenvalue weighted by Crippen LogP contribution is -2.17. The molecule has 0 aliphatic rings. The van der Waals surface area contributed by atoms with Crippen molar-refractivity contribution in [2.75, 3.05) is 0 Å². The van der Waals surface area contributed by atoms with Crippen LogP contribution in [-0.4, -0.2) is 39.6 Å². The molecule has 46 heavy (non-hydrogen) atoms. The van der Waals surface area contributed by atoms with Crippen LogP contribution in [0.2, 0.25) is 0 Å². The van der Waals surface area contributed by atoms with Gasteiger partial charge in [0.25, 0.3) is 0 Å². The summed E-state index contributed by atoms with van der Waals surface area (Å²) in [6.07, 6.45) is 0. The Bertz CT molecular complexity index is 1570. The summed E-state index contributed by atoms with van der Waals surface area (Å²) in [6.45, 7) is 26.5. The fourth-order valence-electron chi connectivity index (χ4n) is 4.78. The quantitative estimate of drug-likeness (QED) is 0.124. The molecule has 8 N–H and O–H groups in total. The summed E-state index contributed by atoms with van der Waals surface area (Å²) in [4.78, 5) is 43.1. The van der Waals surface area contributed by atoms with Crippen LogP contribution in [0.4, 0.5) is 0 Å². The lowest BCUT2D eigenvalue weighted by molar-refractivity contribution is 0.272. The summed E-state index contributed by atoms with van der Waals surface area (Å²) < 4.78 is 17.8. The lowest BCUT2D eigenvalue weighted by atomic mass is 9.75. The molecule has 0 aliphatic heterocycles. The van der Waals surface area contributed by atoms with Gasteiger partial charge >= 0.3 is 15.6 Å². The minimum atomic E-state index is -4.64. The summed E-state index contributed by atoms with van der Waals surface area (Å²) in [7, 11) is -9.28. The van der Waals surface area contributed by atoms with Crippen molar-refractivity contribution in [1.29, 1.82) is 0 Å². The molecule has 0 saturated heterocycles. The molecule has 0 amide bonds. The van der Waals surface area contributed by atoms with Crippen LogP contribution < -0.4 is 0 Å². The second kappa shape index (κ2) is 14.3. The Hall–Kier alpha value is -2.52. The number of hydrogen-bond acceptors (Lipinski definition) is 4. The second-order valence-electron chi connectivity index (χ2n) is 15.4. The number of phosphoric acid groups is 2. The van der Waals surface area contributed by atoms with Gasteiger partial charge in [-0.1, -0.05) is 119 Å². The van der Waals surface area contributed by atoms with Gasteiger partial charge in [0.15, 0.2) is 0 Å². The van der Waals surface area contributed by atoms with E-state index < -0.39 is 15.6 Å².